The normalized spacial score (nSPS) is 13.2. The van der Waals surface area contributed by atoms with Crippen LogP contribution in [0.25, 0.3) is 155 Å². The molecule has 0 unspecified atom stereocenters. The zero-order chi connectivity index (χ0) is 51.6. The Bertz CT molecular complexity index is 5470. The Morgan fingerprint density at radius 2 is 0.700 bits per heavy atom. The van der Waals surface area contributed by atoms with Crippen LogP contribution in [0.15, 0.2) is 255 Å². The second-order valence-electron chi connectivity index (χ2n) is 22.6. The van der Waals surface area contributed by atoms with Gasteiger partial charge in [0, 0.05) is 65.9 Å². The molecule has 4 aliphatic heterocycles. The van der Waals surface area contributed by atoms with Crippen molar-refractivity contribution in [1.82, 2.24) is 18.1 Å². The van der Waals surface area contributed by atoms with Crippen molar-refractivity contribution in [3.05, 3.63) is 255 Å². The smallest absolute Gasteiger partial charge is 0.333 e. The number of hydrogen-bond donors (Lipinski definition) is 0. The van der Waals surface area contributed by atoms with Crippen LogP contribution < -0.4 is 21.9 Å². The van der Waals surface area contributed by atoms with E-state index in [1.165, 1.54) is 176 Å². The molecule has 0 atom stereocenters. The van der Waals surface area contributed by atoms with E-state index in [-0.39, 0.29) is 13.7 Å². The van der Waals surface area contributed by atoms with Gasteiger partial charge >= 0.3 is 13.7 Å². The molecule has 16 aromatic rings. The molecule has 0 aliphatic carbocycles. The van der Waals surface area contributed by atoms with Crippen LogP contribution in [-0.2, 0) is 0 Å². The largest absolute Gasteiger partial charge is 0.374 e. The summed E-state index contributed by atoms with van der Waals surface area (Å²) >= 11 is 0. The number of nitrogens with zero attached hydrogens (tertiary/aromatic N) is 4. The minimum absolute atomic E-state index is 0.0951. The Labute approximate surface area is 460 Å². The maximum atomic E-state index is 2.83. The minimum Gasteiger partial charge on any atom is -0.374 e. The number of fused-ring (bicyclic) bond motifs is 21. The Balaban J connectivity index is 0.957. The summed E-state index contributed by atoms with van der Waals surface area (Å²) in [6.07, 6.45) is 0. The third-order valence-electron chi connectivity index (χ3n) is 18.9. The van der Waals surface area contributed by atoms with Gasteiger partial charge in [0.25, 0.3) is 0 Å². The summed E-state index contributed by atoms with van der Waals surface area (Å²) in [5.74, 6) is 0. The van der Waals surface area contributed by atoms with Crippen molar-refractivity contribution in [2.45, 2.75) is 0 Å². The average Bonchev–Trinajstić information content (AvgIpc) is 4.40. The number of para-hydroxylation sites is 5. The molecular weight excluding hydrogens is 966 g/mol. The quantitative estimate of drug-likeness (QED) is 0.157. The first-order chi connectivity index (χ1) is 39.8. The van der Waals surface area contributed by atoms with Gasteiger partial charge in [0.15, 0.2) is 0 Å². The molecule has 20 rings (SSSR count). The summed E-state index contributed by atoms with van der Waals surface area (Å²) in [5, 5.41) is 7.72. The van der Waals surface area contributed by atoms with Crippen LogP contribution in [0.5, 0.6) is 0 Å². The lowest BCUT2D eigenvalue weighted by Crippen LogP contribution is -2.55. The van der Waals surface area contributed by atoms with Gasteiger partial charge in [0.05, 0.1) is 33.1 Å². The van der Waals surface area contributed by atoms with Gasteiger partial charge in [0.2, 0.25) is 0 Å². The lowest BCUT2D eigenvalue weighted by molar-refractivity contribution is 1.18. The number of benzene rings is 12. The molecule has 0 amide bonds. The molecule has 12 aromatic carbocycles. The molecule has 4 aromatic heterocycles. The van der Waals surface area contributed by atoms with Crippen molar-refractivity contribution in [3.8, 4) is 78.1 Å². The van der Waals surface area contributed by atoms with E-state index in [2.05, 4.69) is 273 Å². The zero-order valence-electron chi connectivity index (χ0n) is 43.2. The fourth-order valence-corrected chi connectivity index (χ4v) is 15.9. The van der Waals surface area contributed by atoms with Gasteiger partial charge in [0.1, 0.15) is 0 Å². The maximum Gasteiger partial charge on any atom is 0.333 e. The fourth-order valence-electron chi connectivity index (χ4n) is 15.9. The summed E-state index contributed by atoms with van der Waals surface area (Å²) in [7, 11) is 0. The van der Waals surface area contributed by atoms with E-state index in [4.69, 9.17) is 0 Å². The Morgan fingerprint density at radius 1 is 0.237 bits per heavy atom. The first kappa shape index (κ1) is 41.8. The highest BCUT2D eigenvalue weighted by molar-refractivity contribution is 6.92. The minimum atomic E-state index is -0.123. The molecular formula is C74H42B2N4. The summed E-state index contributed by atoms with van der Waals surface area (Å²) < 4.78 is 10.8. The highest BCUT2D eigenvalue weighted by atomic mass is 15.1. The first-order valence-corrected chi connectivity index (χ1v) is 28.1. The van der Waals surface area contributed by atoms with Crippen LogP contribution in [0.4, 0.5) is 0 Å². The van der Waals surface area contributed by atoms with Crippen LogP contribution in [0.3, 0.4) is 0 Å². The van der Waals surface area contributed by atoms with Crippen molar-refractivity contribution in [2.24, 2.45) is 0 Å². The Hall–Kier alpha value is -10.3. The van der Waals surface area contributed by atoms with Crippen LogP contribution in [0.2, 0.25) is 0 Å². The predicted molar refractivity (Wildman–Crippen MR) is 337 cm³/mol. The molecule has 0 spiro atoms. The van der Waals surface area contributed by atoms with E-state index in [1.807, 2.05) is 0 Å². The van der Waals surface area contributed by atoms with E-state index < -0.39 is 0 Å². The van der Waals surface area contributed by atoms with E-state index in [0.717, 1.165) is 0 Å². The molecule has 364 valence electrons. The fraction of sp³-hybridized carbons (Fsp3) is 0. The highest BCUT2D eigenvalue weighted by Crippen LogP contribution is 2.53. The Kier molecular flexibility index (Phi) is 7.76. The molecule has 0 saturated heterocycles. The molecule has 8 heterocycles. The SMILES string of the molecule is c1ccc(-c2ccc(-c3cc4c5ccccc5n5c4c4c3-c3cccc6c3n(c3c7ccc(-c8ccc(-c9ccccc9)cc8)c8c7n(c63)B3c6ccccc6-n6c7ccccc7c7ccc-8c3c76)B4c3ccccc3-5)cc2)cc1. The summed E-state index contributed by atoms with van der Waals surface area (Å²) in [4.78, 5) is 0. The molecule has 0 N–H and O–H groups in total. The van der Waals surface area contributed by atoms with Crippen LogP contribution in [-0.4, -0.2) is 31.8 Å². The van der Waals surface area contributed by atoms with Crippen molar-refractivity contribution < 1.29 is 0 Å². The van der Waals surface area contributed by atoms with Gasteiger partial charge in [-0.1, -0.05) is 224 Å². The monoisotopic (exact) mass is 1010 g/mol. The molecule has 0 fully saturated rings. The van der Waals surface area contributed by atoms with Gasteiger partial charge in [-0.05, 0) is 108 Å². The van der Waals surface area contributed by atoms with Gasteiger partial charge in [-0.3, -0.25) is 0 Å². The molecule has 0 bridgehead atoms. The van der Waals surface area contributed by atoms with E-state index in [1.54, 1.807) is 0 Å². The highest BCUT2D eigenvalue weighted by Gasteiger charge is 2.47. The van der Waals surface area contributed by atoms with Crippen molar-refractivity contribution >= 4 is 112 Å². The topological polar surface area (TPSA) is 19.7 Å². The molecule has 0 radical (unpaired) electrons. The molecule has 0 saturated carbocycles. The van der Waals surface area contributed by atoms with Gasteiger partial charge in [-0.25, -0.2) is 0 Å². The van der Waals surface area contributed by atoms with E-state index >= 15 is 0 Å². The van der Waals surface area contributed by atoms with Crippen molar-refractivity contribution in [2.75, 3.05) is 0 Å². The van der Waals surface area contributed by atoms with Gasteiger partial charge < -0.3 is 18.1 Å². The second kappa shape index (κ2) is 14.8. The Morgan fingerprint density at radius 3 is 1.35 bits per heavy atom. The van der Waals surface area contributed by atoms with E-state index in [0.29, 0.717) is 0 Å². The van der Waals surface area contributed by atoms with Crippen molar-refractivity contribution in [1.29, 1.82) is 0 Å². The number of aromatic nitrogens is 4. The van der Waals surface area contributed by atoms with Gasteiger partial charge in [-0.2, -0.15) is 0 Å². The van der Waals surface area contributed by atoms with Crippen LogP contribution in [0.1, 0.15) is 0 Å². The van der Waals surface area contributed by atoms with Gasteiger partial charge in [-0.15, -0.1) is 0 Å². The number of hydrogen-bond acceptors (Lipinski definition) is 0. The summed E-state index contributed by atoms with van der Waals surface area (Å²) in [5.41, 5.74) is 33.2. The molecule has 4 nitrogen and oxygen atoms in total. The molecule has 6 heteroatoms. The predicted octanol–water partition coefficient (Wildman–Crippen LogP) is 15.5. The second-order valence-corrected chi connectivity index (χ2v) is 22.6. The third-order valence-corrected chi connectivity index (χ3v) is 18.9. The lowest BCUT2D eigenvalue weighted by atomic mass is 9.45. The molecule has 4 aliphatic rings. The standard InChI is InChI=1S/C74H42B2N4/c1-3-16-43(17-4-1)45-30-34-47(35-31-45)49-38-41-56-70-66(49)53-40-39-52-50-20-7-11-26-61(50)77-63-28-13-9-24-59(63)75(67(53)71(52)77)80(70)73-55-23-15-22-54-65-57(48-36-32-46(33-37-48)44-18-5-2-6-19-44)42-58-51-21-8-12-27-62(51)78-64-29-14-10-25-60(64)76(68(65)72(58)78)79(69(54)55)74(56)73/h1-42H. The van der Waals surface area contributed by atoms with Crippen LogP contribution >= 0.6 is 0 Å². The first-order valence-electron chi connectivity index (χ1n) is 28.1. The summed E-state index contributed by atoms with van der Waals surface area (Å²) in [6, 6.07) is 96.4. The number of rotatable bonds is 4. The zero-order valence-corrected chi connectivity index (χ0v) is 43.2. The average molecular weight is 1010 g/mol. The van der Waals surface area contributed by atoms with E-state index in [9.17, 15) is 0 Å². The molecule has 80 heavy (non-hydrogen) atoms. The van der Waals surface area contributed by atoms with Crippen LogP contribution in [0, 0.1) is 0 Å². The maximum absolute atomic E-state index is 2.83. The van der Waals surface area contributed by atoms with Crippen molar-refractivity contribution in [3.63, 3.8) is 0 Å². The lowest BCUT2D eigenvalue weighted by Gasteiger charge is -2.35. The summed E-state index contributed by atoms with van der Waals surface area (Å²) in [6.45, 7) is -0.218. The third kappa shape index (κ3) is 4.99.